The highest BCUT2D eigenvalue weighted by Crippen LogP contribution is 2.08. The Morgan fingerprint density at radius 2 is 1.71 bits per heavy atom. The third-order valence-corrected chi connectivity index (χ3v) is 4.23. The fourth-order valence-corrected chi connectivity index (χ4v) is 2.81. The summed E-state index contributed by atoms with van der Waals surface area (Å²) in [7, 11) is 0. The molecule has 132 valence electrons. The van der Waals surface area contributed by atoms with Gasteiger partial charge in [-0.25, -0.2) is 4.79 Å². The van der Waals surface area contributed by atoms with Gasteiger partial charge in [-0.15, -0.1) is 0 Å². The number of unbranched alkanes of at least 4 members (excludes halogenated alkanes) is 3. The summed E-state index contributed by atoms with van der Waals surface area (Å²) in [5, 5.41) is 5.89. The molecule has 3 amide bonds. The number of piperidine rings is 1. The number of pyridine rings is 1. The Balaban J connectivity index is 1.44. The molecule has 0 unspecified atom stereocenters. The molecule has 2 heterocycles. The molecule has 6 heteroatoms. The molecule has 1 aromatic heterocycles. The van der Waals surface area contributed by atoms with Gasteiger partial charge in [-0.05, 0) is 44.2 Å². The van der Waals surface area contributed by atoms with Crippen LogP contribution in [0.5, 0.6) is 0 Å². The standard InChI is InChI=1S/C18H28N4O2/c23-17(16-9-8-10-19-15-16)20-11-4-1-2-5-12-21-18(24)22-13-6-3-7-14-22/h8-10,15H,1-7,11-14H2,(H,20,23)(H,21,24). The monoisotopic (exact) mass is 332 g/mol. The fourth-order valence-electron chi connectivity index (χ4n) is 2.81. The molecule has 0 spiro atoms. The van der Waals surface area contributed by atoms with Crippen LogP contribution in [0.15, 0.2) is 24.5 Å². The molecular formula is C18H28N4O2. The molecule has 1 saturated heterocycles. The summed E-state index contributed by atoms with van der Waals surface area (Å²) in [5.74, 6) is -0.0723. The fraction of sp³-hybridized carbons (Fsp3) is 0.611. The summed E-state index contributed by atoms with van der Waals surface area (Å²) in [6.07, 6.45) is 10.7. The van der Waals surface area contributed by atoms with Crippen molar-refractivity contribution in [1.29, 1.82) is 0 Å². The molecule has 1 aromatic rings. The molecule has 24 heavy (non-hydrogen) atoms. The first-order valence-electron chi connectivity index (χ1n) is 8.98. The topological polar surface area (TPSA) is 74.3 Å². The Morgan fingerprint density at radius 1 is 1.00 bits per heavy atom. The van der Waals surface area contributed by atoms with E-state index in [-0.39, 0.29) is 11.9 Å². The van der Waals surface area contributed by atoms with Crippen LogP contribution in [0.2, 0.25) is 0 Å². The van der Waals surface area contributed by atoms with Gasteiger partial charge in [0.2, 0.25) is 0 Å². The first-order chi connectivity index (χ1) is 11.8. The molecule has 2 rings (SSSR count). The van der Waals surface area contributed by atoms with Gasteiger partial charge in [0.25, 0.3) is 5.91 Å². The summed E-state index contributed by atoms with van der Waals surface area (Å²) in [6.45, 7) is 3.19. The van der Waals surface area contributed by atoms with Crippen LogP contribution in [-0.2, 0) is 0 Å². The lowest BCUT2D eigenvalue weighted by Gasteiger charge is -2.26. The molecule has 0 aliphatic carbocycles. The third-order valence-electron chi connectivity index (χ3n) is 4.23. The molecule has 0 radical (unpaired) electrons. The van der Waals surface area contributed by atoms with Crippen LogP contribution in [0.4, 0.5) is 4.79 Å². The van der Waals surface area contributed by atoms with Gasteiger partial charge in [-0.1, -0.05) is 12.8 Å². The predicted molar refractivity (Wildman–Crippen MR) is 93.9 cm³/mol. The molecule has 1 aliphatic heterocycles. The lowest BCUT2D eigenvalue weighted by molar-refractivity contribution is 0.0952. The summed E-state index contributed by atoms with van der Waals surface area (Å²) in [5.41, 5.74) is 0.595. The van der Waals surface area contributed by atoms with E-state index in [1.54, 1.807) is 24.5 Å². The van der Waals surface area contributed by atoms with Crippen molar-refractivity contribution in [2.45, 2.75) is 44.9 Å². The average Bonchev–Trinajstić information content (AvgIpc) is 2.65. The quantitative estimate of drug-likeness (QED) is 0.719. The minimum atomic E-state index is -0.0723. The highest BCUT2D eigenvalue weighted by molar-refractivity contribution is 5.93. The summed E-state index contributed by atoms with van der Waals surface area (Å²) >= 11 is 0. The number of nitrogens with one attached hydrogen (secondary N) is 2. The SMILES string of the molecule is O=C(NCCCCCCNC(=O)N1CCCCC1)c1cccnc1. The van der Waals surface area contributed by atoms with Gasteiger partial charge in [-0.2, -0.15) is 0 Å². The number of urea groups is 1. The molecule has 0 bridgehead atoms. The molecule has 2 N–H and O–H groups in total. The van der Waals surface area contributed by atoms with Gasteiger partial charge in [0.1, 0.15) is 0 Å². The van der Waals surface area contributed by atoms with E-state index in [4.69, 9.17) is 0 Å². The number of hydrogen-bond donors (Lipinski definition) is 2. The minimum Gasteiger partial charge on any atom is -0.352 e. The zero-order chi connectivity index (χ0) is 17.0. The van der Waals surface area contributed by atoms with Gasteiger partial charge < -0.3 is 15.5 Å². The Hall–Kier alpha value is -2.11. The van der Waals surface area contributed by atoms with Gasteiger partial charge in [0.05, 0.1) is 5.56 Å². The number of carbonyl (C=O) groups is 2. The molecule has 1 aliphatic rings. The second kappa shape index (κ2) is 10.6. The zero-order valence-electron chi connectivity index (χ0n) is 14.3. The van der Waals surface area contributed by atoms with E-state index < -0.39 is 0 Å². The minimum absolute atomic E-state index is 0.0723. The number of hydrogen-bond acceptors (Lipinski definition) is 3. The molecule has 0 atom stereocenters. The number of nitrogens with zero attached hydrogens (tertiary/aromatic N) is 2. The highest BCUT2D eigenvalue weighted by Gasteiger charge is 2.15. The van der Waals surface area contributed by atoms with Crippen LogP contribution in [0.3, 0.4) is 0 Å². The van der Waals surface area contributed by atoms with Gasteiger partial charge >= 0.3 is 6.03 Å². The number of likely N-dealkylation sites (tertiary alicyclic amines) is 1. The smallest absolute Gasteiger partial charge is 0.317 e. The molecular weight excluding hydrogens is 304 g/mol. The summed E-state index contributed by atoms with van der Waals surface area (Å²) in [6, 6.07) is 3.60. The lowest BCUT2D eigenvalue weighted by atomic mass is 10.1. The Labute approximate surface area is 144 Å². The Kier molecular flexibility index (Phi) is 8.07. The summed E-state index contributed by atoms with van der Waals surface area (Å²) in [4.78, 5) is 29.6. The number of aromatic nitrogens is 1. The maximum Gasteiger partial charge on any atom is 0.317 e. The van der Waals surface area contributed by atoms with Crippen LogP contribution in [-0.4, -0.2) is 48.0 Å². The van der Waals surface area contributed by atoms with E-state index in [9.17, 15) is 9.59 Å². The van der Waals surface area contributed by atoms with Crippen molar-refractivity contribution < 1.29 is 9.59 Å². The van der Waals surface area contributed by atoms with Crippen molar-refractivity contribution in [3.8, 4) is 0 Å². The van der Waals surface area contributed by atoms with Crippen molar-refractivity contribution in [3.05, 3.63) is 30.1 Å². The van der Waals surface area contributed by atoms with E-state index in [0.29, 0.717) is 12.1 Å². The molecule has 6 nitrogen and oxygen atoms in total. The van der Waals surface area contributed by atoms with Crippen molar-refractivity contribution >= 4 is 11.9 Å². The van der Waals surface area contributed by atoms with Crippen LogP contribution in [0.1, 0.15) is 55.3 Å². The lowest BCUT2D eigenvalue weighted by Crippen LogP contribution is -2.43. The van der Waals surface area contributed by atoms with Gasteiger partial charge in [0, 0.05) is 38.6 Å². The highest BCUT2D eigenvalue weighted by atomic mass is 16.2. The maximum atomic E-state index is 11.9. The number of amides is 3. The second-order valence-corrected chi connectivity index (χ2v) is 6.19. The number of carbonyl (C=O) groups excluding carboxylic acids is 2. The zero-order valence-corrected chi connectivity index (χ0v) is 14.3. The van der Waals surface area contributed by atoms with Crippen LogP contribution in [0, 0.1) is 0 Å². The number of rotatable bonds is 8. The largest absolute Gasteiger partial charge is 0.352 e. The van der Waals surface area contributed by atoms with E-state index in [1.807, 2.05) is 4.90 Å². The molecule has 0 saturated carbocycles. The second-order valence-electron chi connectivity index (χ2n) is 6.19. The van der Waals surface area contributed by atoms with Crippen LogP contribution < -0.4 is 10.6 Å². The Morgan fingerprint density at radius 3 is 2.38 bits per heavy atom. The molecule has 0 aromatic carbocycles. The Bertz CT molecular complexity index is 501. The molecule has 1 fully saturated rings. The third kappa shape index (κ3) is 6.56. The summed E-state index contributed by atoms with van der Waals surface area (Å²) < 4.78 is 0. The first-order valence-corrected chi connectivity index (χ1v) is 8.98. The van der Waals surface area contributed by atoms with Crippen LogP contribution >= 0.6 is 0 Å². The van der Waals surface area contributed by atoms with E-state index in [1.165, 1.54) is 6.42 Å². The van der Waals surface area contributed by atoms with E-state index in [0.717, 1.165) is 58.2 Å². The van der Waals surface area contributed by atoms with Crippen molar-refractivity contribution in [3.63, 3.8) is 0 Å². The van der Waals surface area contributed by atoms with Gasteiger partial charge in [-0.3, -0.25) is 9.78 Å². The normalized spacial score (nSPS) is 14.2. The van der Waals surface area contributed by atoms with Crippen molar-refractivity contribution in [2.24, 2.45) is 0 Å². The first kappa shape index (κ1) is 18.2. The average molecular weight is 332 g/mol. The van der Waals surface area contributed by atoms with Crippen molar-refractivity contribution in [2.75, 3.05) is 26.2 Å². The predicted octanol–water partition coefficient (Wildman–Crippen LogP) is 2.57. The van der Waals surface area contributed by atoms with Gasteiger partial charge in [0.15, 0.2) is 0 Å². The van der Waals surface area contributed by atoms with E-state index >= 15 is 0 Å². The van der Waals surface area contributed by atoms with Crippen molar-refractivity contribution in [1.82, 2.24) is 20.5 Å². The van der Waals surface area contributed by atoms with Crippen LogP contribution in [0.25, 0.3) is 0 Å². The maximum absolute atomic E-state index is 11.9. The van der Waals surface area contributed by atoms with E-state index in [2.05, 4.69) is 15.6 Å².